The van der Waals surface area contributed by atoms with Gasteiger partial charge in [-0.05, 0) is 18.2 Å². The fourth-order valence-electron chi connectivity index (χ4n) is 1.07. The lowest BCUT2D eigenvalue weighted by atomic mass is 10.1. The van der Waals surface area contributed by atoms with E-state index in [2.05, 4.69) is 31.1 Å². The Hall–Kier alpha value is -1.29. The lowest BCUT2D eigenvalue weighted by Gasteiger charge is -2.08. The van der Waals surface area contributed by atoms with Crippen molar-refractivity contribution in [2.24, 2.45) is 0 Å². The number of halogens is 1. The predicted molar refractivity (Wildman–Crippen MR) is 67.4 cm³/mol. The molecule has 90 valence electrons. The summed E-state index contributed by atoms with van der Waals surface area (Å²) in [4.78, 5) is 0. The molecule has 2 N–H and O–H groups in total. The summed E-state index contributed by atoms with van der Waals surface area (Å²) in [5, 5.41) is 17.5. The molecule has 0 amide bonds. The van der Waals surface area contributed by atoms with Crippen LogP contribution in [0.3, 0.4) is 0 Å². The van der Waals surface area contributed by atoms with E-state index in [1.807, 2.05) is 0 Å². The molecule has 6 heteroatoms. The van der Waals surface area contributed by atoms with Gasteiger partial charge in [-0.1, -0.05) is 25.6 Å². The van der Waals surface area contributed by atoms with Gasteiger partial charge in [0.1, 0.15) is 19.6 Å². The van der Waals surface area contributed by atoms with E-state index in [1.54, 1.807) is 0 Å². The smallest absolute Gasteiger partial charge is 0.511 e. The topological polar surface area (TPSA) is 49.7 Å². The first-order valence-corrected chi connectivity index (χ1v) is 8.63. The van der Waals surface area contributed by atoms with Crippen LogP contribution in [0.1, 0.15) is 5.56 Å². The molecule has 1 aromatic carbocycles. The van der Waals surface area contributed by atoms with Gasteiger partial charge < -0.3 is 14.7 Å². The molecule has 0 unspecified atom stereocenters. The van der Waals surface area contributed by atoms with Crippen molar-refractivity contribution < 1.29 is 19.1 Å². The van der Waals surface area contributed by atoms with Gasteiger partial charge in [0.05, 0.1) is 5.56 Å². The maximum Gasteiger partial charge on any atom is 0.707 e. The first-order valence-electron chi connectivity index (χ1n) is 5.13. The highest BCUT2D eigenvalue weighted by atomic mass is 28.3. The lowest BCUT2D eigenvalue weighted by molar-refractivity contribution is 0.287. The normalized spacial score (nSPS) is 10.5. The number of benzene rings is 1. The van der Waals surface area contributed by atoms with Gasteiger partial charge in [-0.2, -0.15) is 0 Å². The summed E-state index contributed by atoms with van der Waals surface area (Å²) in [6.45, 7) is 6.17. The summed E-state index contributed by atoms with van der Waals surface area (Å²) < 4.78 is 17.8. The molecule has 0 fully saturated rings. The van der Waals surface area contributed by atoms with Crippen LogP contribution < -0.4 is 4.65 Å². The minimum atomic E-state index is -1.94. The molecule has 1 aromatic rings. The Balaban J connectivity index is 3.10. The molecule has 0 spiro atoms. The first-order chi connectivity index (χ1) is 7.78. The Kier molecular flexibility index (Phi) is 4.35. The Bertz CT molecular complexity index is 460. The largest absolute Gasteiger partial charge is 0.707 e. The predicted octanol–water partition coefficient (Wildman–Crippen LogP) is 1.40. The standard InChI is InChI=1S/C11H14BFO3Si/c1-17(2,3)7-6-9-8-10(13)4-5-11(9)16-12(14)15/h4-5,8,14-15H,1-3H3. The van der Waals surface area contributed by atoms with E-state index in [1.165, 1.54) is 18.2 Å². The molecule has 0 aliphatic heterocycles. The van der Waals surface area contributed by atoms with E-state index >= 15 is 0 Å². The Morgan fingerprint density at radius 1 is 1.29 bits per heavy atom. The van der Waals surface area contributed by atoms with E-state index in [0.29, 0.717) is 5.56 Å². The minimum absolute atomic E-state index is 0.159. The molecule has 17 heavy (non-hydrogen) atoms. The molecular weight excluding hydrogens is 238 g/mol. The number of hydrogen-bond donors (Lipinski definition) is 2. The maximum atomic E-state index is 13.1. The van der Waals surface area contributed by atoms with E-state index in [9.17, 15) is 4.39 Å². The molecule has 3 nitrogen and oxygen atoms in total. The first kappa shape index (κ1) is 13.8. The van der Waals surface area contributed by atoms with Gasteiger partial charge in [-0.25, -0.2) is 4.39 Å². The average Bonchev–Trinajstić information content (AvgIpc) is 2.16. The highest BCUT2D eigenvalue weighted by Gasteiger charge is 2.14. The van der Waals surface area contributed by atoms with Crippen LogP contribution in [0.4, 0.5) is 4.39 Å². The van der Waals surface area contributed by atoms with E-state index < -0.39 is 21.2 Å². The second kappa shape index (κ2) is 5.36. The third kappa shape index (κ3) is 5.04. The second-order valence-electron chi connectivity index (χ2n) is 4.58. The number of hydrogen-bond acceptors (Lipinski definition) is 3. The van der Waals surface area contributed by atoms with Crippen molar-refractivity contribution in [3.8, 4) is 17.2 Å². The summed E-state index contributed by atoms with van der Waals surface area (Å²) in [7, 11) is -3.52. The average molecular weight is 252 g/mol. The van der Waals surface area contributed by atoms with Crippen molar-refractivity contribution in [3.63, 3.8) is 0 Å². The Morgan fingerprint density at radius 2 is 1.94 bits per heavy atom. The summed E-state index contributed by atoms with van der Waals surface area (Å²) in [5.41, 5.74) is 3.38. The fraction of sp³-hybridized carbons (Fsp3) is 0.273. The van der Waals surface area contributed by atoms with Crippen molar-refractivity contribution in [2.75, 3.05) is 0 Å². The summed E-state index contributed by atoms with van der Waals surface area (Å²) in [6.07, 6.45) is 0. The molecule has 0 aliphatic carbocycles. The summed E-state index contributed by atoms with van der Waals surface area (Å²) in [6, 6.07) is 3.71. The van der Waals surface area contributed by atoms with Gasteiger partial charge in [-0.15, -0.1) is 5.54 Å². The van der Waals surface area contributed by atoms with Crippen LogP contribution in [0.2, 0.25) is 19.6 Å². The van der Waals surface area contributed by atoms with Crippen LogP contribution in [0, 0.1) is 17.3 Å². The number of rotatable bonds is 2. The zero-order valence-corrected chi connectivity index (χ0v) is 11.0. The molecule has 0 saturated carbocycles. The zero-order chi connectivity index (χ0) is 13.1. The second-order valence-corrected chi connectivity index (χ2v) is 9.33. The highest BCUT2D eigenvalue weighted by Crippen LogP contribution is 2.19. The SMILES string of the molecule is C[Si](C)(C)C#Cc1cc(F)ccc1OB(O)O. The van der Waals surface area contributed by atoms with E-state index in [0.717, 1.165) is 0 Å². The quantitative estimate of drug-likeness (QED) is 0.618. The Labute approximate surface area is 101 Å². The lowest BCUT2D eigenvalue weighted by Crippen LogP contribution is -2.21. The van der Waals surface area contributed by atoms with Crippen molar-refractivity contribution in [1.29, 1.82) is 0 Å². The van der Waals surface area contributed by atoms with Gasteiger partial charge in [0.15, 0.2) is 0 Å². The summed E-state index contributed by atoms with van der Waals surface area (Å²) in [5.74, 6) is 2.54. The third-order valence-corrected chi connectivity index (χ3v) is 2.62. The van der Waals surface area contributed by atoms with E-state index in [4.69, 9.17) is 14.7 Å². The molecule has 0 atom stereocenters. The Morgan fingerprint density at radius 3 is 2.47 bits per heavy atom. The molecule has 0 aromatic heterocycles. The monoisotopic (exact) mass is 252 g/mol. The van der Waals surface area contributed by atoms with Crippen LogP contribution in [0.5, 0.6) is 5.75 Å². The van der Waals surface area contributed by atoms with Crippen LogP contribution >= 0.6 is 0 Å². The molecule has 0 heterocycles. The minimum Gasteiger partial charge on any atom is -0.511 e. The summed E-state index contributed by atoms with van der Waals surface area (Å²) >= 11 is 0. The van der Waals surface area contributed by atoms with Gasteiger partial charge >= 0.3 is 7.32 Å². The van der Waals surface area contributed by atoms with Gasteiger partial charge in [-0.3, -0.25) is 0 Å². The zero-order valence-electron chi connectivity index (χ0n) is 9.99. The molecule has 0 aliphatic rings. The van der Waals surface area contributed by atoms with Crippen LogP contribution in [-0.4, -0.2) is 25.4 Å². The molecule has 1 rings (SSSR count). The van der Waals surface area contributed by atoms with Crippen LogP contribution in [0.25, 0.3) is 0 Å². The van der Waals surface area contributed by atoms with Crippen LogP contribution in [-0.2, 0) is 0 Å². The van der Waals surface area contributed by atoms with Gasteiger partial charge in [0.2, 0.25) is 0 Å². The highest BCUT2D eigenvalue weighted by molar-refractivity contribution is 6.83. The van der Waals surface area contributed by atoms with Crippen molar-refractivity contribution >= 4 is 15.4 Å². The van der Waals surface area contributed by atoms with Gasteiger partial charge in [0.25, 0.3) is 0 Å². The van der Waals surface area contributed by atoms with Crippen molar-refractivity contribution in [3.05, 3.63) is 29.6 Å². The fourth-order valence-corrected chi connectivity index (χ4v) is 1.58. The van der Waals surface area contributed by atoms with Crippen LogP contribution in [0.15, 0.2) is 18.2 Å². The molecular formula is C11H14BFO3Si. The molecule has 0 bridgehead atoms. The molecule has 0 radical (unpaired) electrons. The maximum absolute atomic E-state index is 13.1. The van der Waals surface area contributed by atoms with E-state index in [-0.39, 0.29) is 5.75 Å². The molecule has 0 saturated heterocycles. The third-order valence-electron chi connectivity index (χ3n) is 1.75. The van der Waals surface area contributed by atoms with Gasteiger partial charge in [0, 0.05) is 0 Å². The van der Waals surface area contributed by atoms with Crippen molar-refractivity contribution in [2.45, 2.75) is 19.6 Å². The van der Waals surface area contributed by atoms with Crippen molar-refractivity contribution in [1.82, 2.24) is 0 Å².